The number of carbonyl (C=O) groups is 2. The van der Waals surface area contributed by atoms with Gasteiger partial charge in [0.25, 0.3) is 10.1 Å². The molecule has 2 atom stereocenters. The van der Waals surface area contributed by atoms with Gasteiger partial charge in [0.1, 0.15) is 16.5 Å². The molecule has 1 aromatic carbocycles. The Kier molecular flexibility index (Phi) is 6.90. The van der Waals surface area contributed by atoms with Crippen LogP contribution in [0.5, 0.6) is 5.75 Å². The van der Waals surface area contributed by atoms with Crippen LogP contribution in [0.1, 0.15) is 19.8 Å². The standard InChI is InChI=1S/C15H21N5O7S/c1-8-4-9(16-7-14(22)19-15(23)20-24)5-13(17-8)18-11-6-10(21)2-3-12(11)28(25,26)27/h2-3,6,8-9,16,21,24H,4-5,7H2,1H3,(H,17,18)(H,25,26,27)(H2,19,20,22,23). The van der Waals surface area contributed by atoms with Crippen molar-refractivity contribution in [1.29, 1.82) is 0 Å². The summed E-state index contributed by atoms with van der Waals surface area (Å²) in [6, 6.07) is 1.91. The molecule has 2 rings (SSSR count). The predicted octanol–water partition coefficient (Wildman–Crippen LogP) is -0.195. The molecule has 0 radical (unpaired) electrons. The van der Waals surface area contributed by atoms with Gasteiger partial charge in [-0.05, 0) is 25.5 Å². The lowest BCUT2D eigenvalue weighted by atomic mass is 10.0. The number of rotatable bonds is 5. The minimum atomic E-state index is -4.52. The van der Waals surface area contributed by atoms with Gasteiger partial charge in [0.05, 0.1) is 18.3 Å². The van der Waals surface area contributed by atoms with E-state index in [4.69, 9.17) is 5.21 Å². The maximum Gasteiger partial charge on any atom is 0.345 e. The Bertz CT molecular complexity index is 887. The molecular formula is C15H21N5O7S. The summed E-state index contributed by atoms with van der Waals surface area (Å²) in [6.07, 6.45) is 0.875. The summed E-state index contributed by atoms with van der Waals surface area (Å²) < 4.78 is 32.4. The van der Waals surface area contributed by atoms with Crippen molar-refractivity contribution in [3.05, 3.63) is 18.2 Å². The predicted molar refractivity (Wildman–Crippen MR) is 97.9 cm³/mol. The van der Waals surface area contributed by atoms with Crippen LogP contribution < -0.4 is 21.4 Å². The summed E-state index contributed by atoms with van der Waals surface area (Å²) in [5.74, 6) is -0.467. The fourth-order valence-corrected chi connectivity index (χ4v) is 3.40. The van der Waals surface area contributed by atoms with E-state index in [0.29, 0.717) is 18.7 Å². The second-order valence-electron chi connectivity index (χ2n) is 6.21. The summed E-state index contributed by atoms with van der Waals surface area (Å²) in [5, 5.41) is 25.6. The van der Waals surface area contributed by atoms with Gasteiger partial charge < -0.3 is 15.7 Å². The van der Waals surface area contributed by atoms with E-state index in [0.717, 1.165) is 18.2 Å². The van der Waals surface area contributed by atoms with E-state index in [1.807, 2.05) is 12.2 Å². The minimum absolute atomic E-state index is 0.0357. The molecule has 0 aromatic heterocycles. The monoisotopic (exact) mass is 415 g/mol. The summed E-state index contributed by atoms with van der Waals surface area (Å²) >= 11 is 0. The van der Waals surface area contributed by atoms with Crippen LogP contribution in [-0.2, 0) is 14.9 Å². The van der Waals surface area contributed by atoms with Crippen LogP contribution in [0, 0.1) is 0 Å². The molecule has 0 spiro atoms. The lowest BCUT2D eigenvalue weighted by Gasteiger charge is -2.27. The van der Waals surface area contributed by atoms with E-state index in [-0.39, 0.29) is 30.1 Å². The molecule has 2 unspecified atom stereocenters. The van der Waals surface area contributed by atoms with Crippen molar-refractivity contribution in [2.24, 2.45) is 4.99 Å². The number of hydrogen-bond donors (Lipinski definition) is 7. The fourth-order valence-electron chi connectivity index (χ4n) is 2.77. The molecule has 154 valence electrons. The lowest BCUT2D eigenvalue weighted by Crippen LogP contribution is -2.46. The molecule has 0 saturated heterocycles. The Morgan fingerprint density at radius 3 is 2.68 bits per heavy atom. The number of hydrogen-bond acceptors (Lipinski definition) is 9. The van der Waals surface area contributed by atoms with Crippen molar-refractivity contribution in [3.63, 3.8) is 0 Å². The Balaban J connectivity index is 2.07. The molecule has 7 N–H and O–H groups in total. The second-order valence-corrected chi connectivity index (χ2v) is 7.60. The van der Waals surface area contributed by atoms with E-state index in [1.54, 1.807) is 0 Å². The highest BCUT2D eigenvalue weighted by Gasteiger charge is 2.24. The molecule has 3 amide bonds. The first kappa shape index (κ1) is 21.6. The molecule has 1 aromatic rings. The highest BCUT2D eigenvalue weighted by atomic mass is 32.2. The molecular weight excluding hydrogens is 394 g/mol. The third-order valence-electron chi connectivity index (χ3n) is 3.87. The summed E-state index contributed by atoms with van der Waals surface area (Å²) in [4.78, 5) is 26.4. The Hall–Kier alpha value is -2.74. The highest BCUT2D eigenvalue weighted by Crippen LogP contribution is 2.27. The second kappa shape index (κ2) is 8.97. The van der Waals surface area contributed by atoms with E-state index in [2.05, 4.69) is 15.6 Å². The number of benzene rings is 1. The first-order chi connectivity index (χ1) is 13.1. The van der Waals surface area contributed by atoms with Gasteiger partial charge in [0.2, 0.25) is 5.91 Å². The molecule has 1 heterocycles. The largest absolute Gasteiger partial charge is 0.508 e. The number of nitrogens with zero attached hydrogens (tertiary/aromatic N) is 1. The van der Waals surface area contributed by atoms with Crippen LogP contribution in [0.25, 0.3) is 0 Å². The van der Waals surface area contributed by atoms with E-state index >= 15 is 0 Å². The number of amidine groups is 1. The number of imide groups is 1. The fraction of sp³-hybridized carbons (Fsp3) is 0.400. The normalized spacial score (nSPS) is 19.5. The van der Waals surface area contributed by atoms with Crippen LogP contribution >= 0.6 is 0 Å². The summed E-state index contributed by atoms with van der Waals surface area (Å²) in [6.45, 7) is 1.63. The van der Waals surface area contributed by atoms with Crippen molar-refractivity contribution in [1.82, 2.24) is 16.1 Å². The van der Waals surface area contributed by atoms with E-state index in [1.165, 1.54) is 5.48 Å². The van der Waals surface area contributed by atoms with Gasteiger partial charge in [0.15, 0.2) is 0 Å². The van der Waals surface area contributed by atoms with Crippen LogP contribution in [0.4, 0.5) is 10.5 Å². The molecule has 28 heavy (non-hydrogen) atoms. The molecule has 1 aliphatic heterocycles. The van der Waals surface area contributed by atoms with Gasteiger partial charge in [-0.15, -0.1) is 0 Å². The zero-order valence-electron chi connectivity index (χ0n) is 14.8. The van der Waals surface area contributed by atoms with Gasteiger partial charge in [-0.3, -0.25) is 24.9 Å². The van der Waals surface area contributed by atoms with Crippen LogP contribution in [-0.4, -0.2) is 59.7 Å². The number of carbonyl (C=O) groups excluding carboxylic acids is 2. The van der Waals surface area contributed by atoms with Gasteiger partial charge in [0, 0.05) is 18.5 Å². The average Bonchev–Trinajstić information content (AvgIpc) is 2.58. The van der Waals surface area contributed by atoms with Crippen LogP contribution in [0.2, 0.25) is 0 Å². The van der Waals surface area contributed by atoms with Crippen molar-refractivity contribution in [3.8, 4) is 5.75 Å². The SMILES string of the molecule is CC1CC(NCC(=O)NC(=O)NO)CC(Nc2cc(O)ccc2S(=O)(=O)O)=N1. The number of aliphatic imine (C=N–C) groups is 1. The third-order valence-corrected chi connectivity index (χ3v) is 4.78. The number of amides is 3. The van der Waals surface area contributed by atoms with Crippen molar-refractivity contribution in [2.75, 3.05) is 11.9 Å². The Labute approximate surface area is 160 Å². The molecule has 12 nitrogen and oxygen atoms in total. The first-order valence-electron chi connectivity index (χ1n) is 8.20. The Morgan fingerprint density at radius 2 is 2.04 bits per heavy atom. The zero-order chi connectivity index (χ0) is 20.9. The quantitative estimate of drug-likeness (QED) is 0.194. The lowest BCUT2D eigenvalue weighted by molar-refractivity contribution is -0.119. The van der Waals surface area contributed by atoms with Crippen molar-refractivity contribution >= 4 is 33.6 Å². The van der Waals surface area contributed by atoms with Crippen LogP contribution in [0.3, 0.4) is 0 Å². The molecule has 0 saturated carbocycles. The van der Waals surface area contributed by atoms with E-state index < -0.39 is 27.0 Å². The highest BCUT2D eigenvalue weighted by molar-refractivity contribution is 7.86. The Morgan fingerprint density at radius 1 is 1.32 bits per heavy atom. The summed E-state index contributed by atoms with van der Waals surface area (Å²) in [7, 11) is -4.52. The maximum absolute atomic E-state index is 11.6. The number of hydroxylamine groups is 1. The number of nitrogens with one attached hydrogen (secondary N) is 4. The van der Waals surface area contributed by atoms with Crippen LogP contribution in [0.15, 0.2) is 28.1 Å². The number of anilines is 1. The average molecular weight is 415 g/mol. The number of phenolic OH excluding ortho intramolecular Hbond substituents is 1. The van der Waals surface area contributed by atoms with E-state index in [9.17, 15) is 27.7 Å². The third kappa shape index (κ3) is 6.16. The molecule has 13 heteroatoms. The van der Waals surface area contributed by atoms with Gasteiger partial charge in [-0.2, -0.15) is 8.42 Å². The van der Waals surface area contributed by atoms with Gasteiger partial charge >= 0.3 is 6.03 Å². The zero-order valence-corrected chi connectivity index (χ0v) is 15.7. The minimum Gasteiger partial charge on any atom is -0.508 e. The number of urea groups is 1. The smallest absolute Gasteiger partial charge is 0.345 e. The first-order valence-corrected chi connectivity index (χ1v) is 9.64. The molecule has 1 aliphatic rings. The summed E-state index contributed by atoms with van der Waals surface area (Å²) in [5.41, 5.74) is 1.24. The van der Waals surface area contributed by atoms with Gasteiger partial charge in [-0.25, -0.2) is 10.3 Å². The molecule has 0 fully saturated rings. The number of phenols is 1. The van der Waals surface area contributed by atoms with Crippen molar-refractivity contribution in [2.45, 2.75) is 36.7 Å². The van der Waals surface area contributed by atoms with Crippen molar-refractivity contribution < 1.29 is 32.9 Å². The molecule has 0 aliphatic carbocycles. The topological polar surface area (TPSA) is 189 Å². The maximum atomic E-state index is 11.6. The number of aromatic hydroxyl groups is 1. The molecule has 0 bridgehead atoms. The van der Waals surface area contributed by atoms with Gasteiger partial charge in [-0.1, -0.05) is 0 Å².